The summed E-state index contributed by atoms with van der Waals surface area (Å²) in [6.45, 7) is 4.78. The van der Waals surface area contributed by atoms with Gasteiger partial charge in [-0.05, 0) is 38.0 Å². The molecule has 0 N–H and O–H groups in total. The molecule has 0 aliphatic heterocycles. The first-order valence-electron chi connectivity index (χ1n) is 6.46. The third-order valence-corrected chi connectivity index (χ3v) is 4.65. The number of carbonyl (C=O) groups excluding carboxylic acids is 1. The molecule has 0 bridgehead atoms. The van der Waals surface area contributed by atoms with Crippen LogP contribution in [0.25, 0.3) is 0 Å². The first-order valence-corrected chi connectivity index (χ1v) is 7.78. The monoisotopic (exact) mass is 339 g/mol. The Morgan fingerprint density at radius 1 is 1.36 bits per heavy atom. The van der Waals surface area contributed by atoms with Crippen LogP contribution in [0.2, 0.25) is 0 Å². The van der Waals surface area contributed by atoms with Crippen LogP contribution >= 0.6 is 0 Å². The van der Waals surface area contributed by atoms with E-state index in [-0.39, 0.29) is 22.1 Å². The fourth-order valence-electron chi connectivity index (χ4n) is 1.71. The Morgan fingerprint density at radius 3 is 2.36 bits per heavy atom. The van der Waals surface area contributed by atoms with E-state index in [9.17, 15) is 26.9 Å². The number of aryl methyl sites for hydroxylation is 1. The van der Waals surface area contributed by atoms with Gasteiger partial charge in [-0.15, -0.1) is 0 Å². The molecule has 0 aliphatic carbocycles. The highest BCUT2D eigenvalue weighted by atomic mass is 32.2. The van der Waals surface area contributed by atoms with Crippen molar-refractivity contribution in [3.05, 3.63) is 29.1 Å². The average Bonchev–Trinajstić information content (AvgIpc) is 2.34. The van der Waals surface area contributed by atoms with Crippen molar-refractivity contribution in [1.82, 2.24) is 4.90 Å². The summed E-state index contributed by atoms with van der Waals surface area (Å²) >= 11 is -2.39. The molecule has 124 valence electrons. The van der Waals surface area contributed by atoms with E-state index >= 15 is 0 Å². The SMILES string of the molecule is Cc1cc(F)c(C(=O)N(C)C(C)C)cc1[S+]([O-])CC(F)(F)F. The van der Waals surface area contributed by atoms with E-state index in [1.54, 1.807) is 13.8 Å². The number of benzene rings is 1. The van der Waals surface area contributed by atoms with E-state index in [1.807, 2.05) is 0 Å². The first kappa shape index (κ1) is 18.8. The molecule has 1 aromatic carbocycles. The predicted octanol–water partition coefficient (Wildman–Crippen LogP) is 3.28. The molecule has 0 fully saturated rings. The van der Waals surface area contributed by atoms with E-state index < -0.39 is 34.8 Å². The van der Waals surface area contributed by atoms with E-state index in [4.69, 9.17) is 0 Å². The lowest BCUT2D eigenvalue weighted by atomic mass is 10.1. The summed E-state index contributed by atoms with van der Waals surface area (Å²) in [6, 6.07) is 1.68. The van der Waals surface area contributed by atoms with Crippen molar-refractivity contribution < 1.29 is 26.9 Å². The number of halogens is 4. The number of carbonyl (C=O) groups is 1. The van der Waals surface area contributed by atoms with Crippen molar-refractivity contribution in [2.45, 2.75) is 37.9 Å². The van der Waals surface area contributed by atoms with Crippen molar-refractivity contribution in [2.24, 2.45) is 0 Å². The van der Waals surface area contributed by atoms with Crippen LogP contribution in [0.4, 0.5) is 17.6 Å². The smallest absolute Gasteiger partial charge is 0.433 e. The molecule has 8 heteroatoms. The summed E-state index contributed by atoms with van der Waals surface area (Å²) in [4.78, 5) is 13.2. The van der Waals surface area contributed by atoms with Crippen molar-refractivity contribution in [3.8, 4) is 0 Å². The third kappa shape index (κ3) is 4.61. The zero-order valence-corrected chi connectivity index (χ0v) is 13.4. The molecule has 1 aromatic rings. The molecule has 3 nitrogen and oxygen atoms in total. The first-order chi connectivity index (χ1) is 9.94. The van der Waals surface area contributed by atoms with E-state index in [1.165, 1.54) is 18.9 Å². The van der Waals surface area contributed by atoms with Crippen LogP contribution in [0.3, 0.4) is 0 Å². The van der Waals surface area contributed by atoms with Crippen LogP contribution in [-0.4, -0.2) is 40.4 Å². The summed E-state index contributed by atoms with van der Waals surface area (Å²) in [6.07, 6.45) is -4.61. The number of amides is 1. The van der Waals surface area contributed by atoms with E-state index in [0.29, 0.717) is 0 Å². The van der Waals surface area contributed by atoms with Gasteiger partial charge in [-0.25, -0.2) is 4.39 Å². The highest BCUT2D eigenvalue weighted by molar-refractivity contribution is 7.91. The summed E-state index contributed by atoms with van der Waals surface area (Å²) in [5, 5.41) is 0. The quantitative estimate of drug-likeness (QED) is 0.624. The van der Waals surface area contributed by atoms with Crippen LogP contribution in [-0.2, 0) is 11.2 Å². The number of hydrogen-bond acceptors (Lipinski definition) is 2. The largest absolute Gasteiger partial charge is 0.611 e. The predicted molar refractivity (Wildman–Crippen MR) is 75.7 cm³/mol. The maximum atomic E-state index is 13.9. The van der Waals surface area contributed by atoms with Gasteiger partial charge in [-0.3, -0.25) is 4.79 Å². The van der Waals surface area contributed by atoms with Gasteiger partial charge in [-0.1, -0.05) is 0 Å². The molecular formula is C14H17F4NO2S. The Balaban J connectivity index is 3.22. The molecule has 0 saturated heterocycles. The molecule has 1 amide bonds. The van der Waals surface area contributed by atoms with Gasteiger partial charge in [0.05, 0.1) is 5.56 Å². The van der Waals surface area contributed by atoms with Gasteiger partial charge in [0.15, 0.2) is 4.90 Å². The lowest BCUT2D eigenvalue weighted by Crippen LogP contribution is -2.34. The molecule has 0 aliphatic rings. The van der Waals surface area contributed by atoms with Crippen molar-refractivity contribution >= 4 is 17.1 Å². The molecular weight excluding hydrogens is 322 g/mol. The maximum absolute atomic E-state index is 13.9. The fourth-order valence-corrected chi connectivity index (χ4v) is 2.83. The van der Waals surface area contributed by atoms with Crippen molar-refractivity contribution in [1.29, 1.82) is 0 Å². The summed E-state index contributed by atoms with van der Waals surface area (Å²) in [5.41, 5.74) is -0.267. The molecule has 0 radical (unpaired) electrons. The second-order valence-electron chi connectivity index (χ2n) is 5.21. The fraction of sp³-hybridized carbons (Fsp3) is 0.500. The number of hydrogen-bond donors (Lipinski definition) is 0. The molecule has 22 heavy (non-hydrogen) atoms. The molecule has 0 saturated carbocycles. The minimum atomic E-state index is -4.61. The van der Waals surface area contributed by atoms with Gasteiger partial charge in [0, 0.05) is 24.7 Å². The van der Waals surface area contributed by atoms with Gasteiger partial charge in [0.25, 0.3) is 5.91 Å². The molecule has 1 rings (SSSR count). The van der Waals surface area contributed by atoms with Crippen LogP contribution in [0.1, 0.15) is 29.8 Å². The highest BCUT2D eigenvalue weighted by Crippen LogP contribution is 2.27. The maximum Gasteiger partial charge on any atom is 0.433 e. The Labute approximate surface area is 129 Å². The Kier molecular flexibility index (Phi) is 5.86. The van der Waals surface area contributed by atoms with Crippen molar-refractivity contribution in [3.63, 3.8) is 0 Å². The van der Waals surface area contributed by atoms with Gasteiger partial charge in [0.2, 0.25) is 5.75 Å². The zero-order chi connectivity index (χ0) is 17.2. The van der Waals surface area contributed by atoms with Gasteiger partial charge >= 0.3 is 6.18 Å². The topological polar surface area (TPSA) is 43.4 Å². The molecule has 0 aromatic heterocycles. The minimum absolute atomic E-state index is 0.115. The van der Waals surface area contributed by atoms with Crippen LogP contribution in [0, 0.1) is 12.7 Å². The Hall–Kier alpha value is -1.28. The van der Waals surface area contributed by atoms with Gasteiger partial charge in [0.1, 0.15) is 5.82 Å². The normalized spacial score (nSPS) is 13.4. The number of alkyl halides is 3. The number of rotatable bonds is 4. The van der Waals surface area contributed by atoms with Crippen molar-refractivity contribution in [2.75, 3.05) is 12.8 Å². The summed E-state index contributed by atoms with van der Waals surface area (Å²) < 4.78 is 62.8. The second-order valence-corrected chi connectivity index (χ2v) is 6.63. The lowest BCUT2D eigenvalue weighted by Gasteiger charge is -2.22. The molecule has 1 atom stereocenters. The van der Waals surface area contributed by atoms with E-state index in [2.05, 4.69) is 0 Å². The van der Waals surface area contributed by atoms with Crippen LogP contribution < -0.4 is 0 Å². The summed E-state index contributed by atoms with van der Waals surface area (Å²) in [7, 11) is 1.46. The third-order valence-electron chi connectivity index (χ3n) is 3.13. The molecule has 0 heterocycles. The average molecular weight is 339 g/mol. The van der Waals surface area contributed by atoms with Gasteiger partial charge in [-0.2, -0.15) is 13.2 Å². The van der Waals surface area contributed by atoms with Gasteiger partial charge < -0.3 is 9.45 Å². The minimum Gasteiger partial charge on any atom is -0.611 e. The molecule has 0 spiro atoms. The zero-order valence-electron chi connectivity index (χ0n) is 12.6. The van der Waals surface area contributed by atoms with Crippen LogP contribution in [0.5, 0.6) is 0 Å². The second kappa shape index (κ2) is 6.87. The molecule has 1 unspecified atom stereocenters. The summed E-state index contributed by atoms with van der Waals surface area (Å²) in [5.74, 6) is -3.05. The Morgan fingerprint density at radius 2 is 1.91 bits per heavy atom. The van der Waals surface area contributed by atoms with Crippen LogP contribution in [0.15, 0.2) is 17.0 Å². The highest BCUT2D eigenvalue weighted by Gasteiger charge is 2.36. The Bertz CT molecular complexity index is 561. The van der Waals surface area contributed by atoms with E-state index in [0.717, 1.165) is 12.1 Å². The lowest BCUT2D eigenvalue weighted by molar-refractivity contribution is -0.106. The standard InChI is InChI=1S/C14H17F4NO2S/c1-8(2)19(4)13(20)10-6-12(9(3)5-11(10)15)22(21)7-14(16,17)18/h5-6,8H,7H2,1-4H3. The number of nitrogens with zero attached hydrogens (tertiary/aromatic N) is 1.